The molecular formula is C12H22N4O. The first-order valence-electron chi connectivity index (χ1n) is 6.08. The van der Waals surface area contributed by atoms with Crippen LogP contribution in [0.4, 0.5) is 0 Å². The van der Waals surface area contributed by atoms with Gasteiger partial charge in [-0.15, -0.1) is 0 Å². The Balaban J connectivity index is 2.44. The molecule has 2 rings (SSSR count). The van der Waals surface area contributed by atoms with Gasteiger partial charge in [-0.05, 0) is 39.4 Å². The highest BCUT2D eigenvalue weighted by Gasteiger charge is 2.36. The third kappa shape index (κ3) is 1.93. The van der Waals surface area contributed by atoms with E-state index in [0.29, 0.717) is 18.5 Å². The quantitative estimate of drug-likeness (QED) is 0.841. The predicted octanol–water partition coefficient (Wildman–Crippen LogP) is 0.689. The number of nitrogens with zero attached hydrogens (tertiary/aromatic N) is 3. The SMILES string of the molecule is COc1c(C2C(CN)CCN2C)c(C)nn1C. The van der Waals surface area contributed by atoms with E-state index in [2.05, 4.69) is 17.0 Å². The van der Waals surface area contributed by atoms with E-state index in [4.69, 9.17) is 10.5 Å². The maximum absolute atomic E-state index is 5.88. The largest absolute Gasteiger partial charge is 0.481 e. The molecule has 0 radical (unpaired) electrons. The standard InChI is InChI=1S/C12H22N4O/c1-8-10(12(17-4)16(3)14-8)11-9(7-13)5-6-15(11)2/h9,11H,5-7,13H2,1-4H3. The monoisotopic (exact) mass is 238 g/mol. The number of aryl methyl sites for hydroxylation is 2. The fourth-order valence-corrected chi connectivity index (χ4v) is 2.97. The minimum Gasteiger partial charge on any atom is -0.481 e. The van der Waals surface area contributed by atoms with Crippen molar-refractivity contribution in [2.45, 2.75) is 19.4 Å². The topological polar surface area (TPSA) is 56.3 Å². The third-order valence-electron chi connectivity index (χ3n) is 3.78. The summed E-state index contributed by atoms with van der Waals surface area (Å²) in [6.07, 6.45) is 1.15. The van der Waals surface area contributed by atoms with Crippen molar-refractivity contribution in [3.8, 4) is 5.88 Å². The number of methoxy groups -OCH3 is 1. The average Bonchev–Trinajstić information content (AvgIpc) is 2.78. The van der Waals surface area contributed by atoms with E-state index in [1.165, 1.54) is 5.56 Å². The number of ether oxygens (including phenoxy) is 1. The molecule has 2 unspecified atom stereocenters. The van der Waals surface area contributed by atoms with Crippen molar-refractivity contribution in [2.75, 3.05) is 27.2 Å². The Morgan fingerprint density at radius 1 is 1.47 bits per heavy atom. The molecule has 5 heteroatoms. The lowest BCUT2D eigenvalue weighted by Gasteiger charge is -2.24. The second kappa shape index (κ2) is 4.66. The molecule has 2 atom stereocenters. The van der Waals surface area contributed by atoms with Gasteiger partial charge in [0.05, 0.1) is 18.4 Å². The van der Waals surface area contributed by atoms with E-state index in [0.717, 1.165) is 24.5 Å². The summed E-state index contributed by atoms with van der Waals surface area (Å²) in [7, 11) is 5.76. The van der Waals surface area contributed by atoms with E-state index in [-0.39, 0.29) is 0 Å². The van der Waals surface area contributed by atoms with Gasteiger partial charge in [0, 0.05) is 13.1 Å². The van der Waals surface area contributed by atoms with Gasteiger partial charge in [-0.1, -0.05) is 0 Å². The maximum atomic E-state index is 5.88. The zero-order valence-electron chi connectivity index (χ0n) is 11.1. The van der Waals surface area contributed by atoms with Crippen LogP contribution in [0.25, 0.3) is 0 Å². The average molecular weight is 238 g/mol. The summed E-state index contributed by atoms with van der Waals surface area (Å²) in [5.41, 5.74) is 8.12. The molecule has 17 heavy (non-hydrogen) atoms. The molecular weight excluding hydrogens is 216 g/mol. The molecule has 1 aromatic rings. The molecule has 1 saturated heterocycles. The summed E-state index contributed by atoms with van der Waals surface area (Å²) in [6.45, 7) is 3.84. The van der Waals surface area contributed by atoms with Gasteiger partial charge in [0.2, 0.25) is 5.88 Å². The van der Waals surface area contributed by atoms with Gasteiger partial charge in [0.25, 0.3) is 0 Å². The van der Waals surface area contributed by atoms with Crippen LogP contribution in [0.3, 0.4) is 0 Å². The first-order chi connectivity index (χ1) is 8.10. The van der Waals surface area contributed by atoms with Crippen molar-refractivity contribution in [2.24, 2.45) is 18.7 Å². The first-order valence-corrected chi connectivity index (χ1v) is 6.08. The number of nitrogens with two attached hydrogens (primary N) is 1. The minimum atomic E-state index is 0.337. The Morgan fingerprint density at radius 2 is 2.18 bits per heavy atom. The number of rotatable bonds is 3. The normalized spacial score (nSPS) is 25.5. The number of likely N-dealkylation sites (tertiary alicyclic amines) is 1. The van der Waals surface area contributed by atoms with Gasteiger partial charge in [-0.3, -0.25) is 4.90 Å². The fraction of sp³-hybridized carbons (Fsp3) is 0.750. The molecule has 1 aliphatic rings. The molecule has 0 aliphatic carbocycles. The van der Waals surface area contributed by atoms with Gasteiger partial charge in [0.15, 0.2) is 0 Å². The van der Waals surface area contributed by atoms with E-state index >= 15 is 0 Å². The molecule has 0 bridgehead atoms. The van der Waals surface area contributed by atoms with Crippen LogP contribution in [0.2, 0.25) is 0 Å². The number of aromatic nitrogens is 2. The van der Waals surface area contributed by atoms with Crippen LogP contribution in [0.15, 0.2) is 0 Å². The third-order valence-corrected chi connectivity index (χ3v) is 3.78. The van der Waals surface area contributed by atoms with Gasteiger partial charge in [-0.2, -0.15) is 5.10 Å². The molecule has 0 saturated carbocycles. The van der Waals surface area contributed by atoms with Crippen LogP contribution in [0, 0.1) is 12.8 Å². The Hall–Kier alpha value is -1.07. The number of hydrogen-bond donors (Lipinski definition) is 1. The molecule has 5 nitrogen and oxygen atoms in total. The van der Waals surface area contributed by atoms with Crippen LogP contribution < -0.4 is 10.5 Å². The van der Waals surface area contributed by atoms with Crippen LogP contribution in [-0.2, 0) is 7.05 Å². The predicted molar refractivity (Wildman–Crippen MR) is 67.0 cm³/mol. The summed E-state index contributed by atoms with van der Waals surface area (Å²) in [4.78, 5) is 2.35. The molecule has 1 aliphatic heterocycles. The summed E-state index contributed by atoms with van der Waals surface area (Å²) >= 11 is 0. The summed E-state index contributed by atoms with van der Waals surface area (Å²) in [6, 6.07) is 0.337. The first kappa shape index (κ1) is 12.4. The minimum absolute atomic E-state index is 0.337. The molecule has 2 heterocycles. The smallest absolute Gasteiger partial charge is 0.216 e. The Labute approximate surface area is 103 Å². The van der Waals surface area contributed by atoms with Crippen molar-refractivity contribution in [3.05, 3.63) is 11.3 Å². The highest BCUT2D eigenvalue weighted by Crippen LogP contribution is 2.41. The second-order valence-electron chi connectivity index (χ2n) is 4.84. The maximum Gasteiger partial charge on any atom is 0.216 e. The van der Waals surface area contributed by atoms with Gasteiger partial charge in [0.1, 0.15) is 0 Å². The number of hydrogen-bond acceptors (Lipinski definition) is 4. The van der Waals surface area contributed by atoms with Gasteiger partial charge >= 0.3 is 0 Å². The molecule has 2 N–H and O–H groups in total. The second-order valence-corrected chi connectivity index (χ2v) is 4.84. The van der Waals surface area contributed by atoms with Crippen molar-refractivity contribution >= 4 is 0 Å². The lowest BCUT2D eigenvalue weighted by molar-refractivity contribution is 0.267. The fourth-order valence-electron chi connectivity index (χ4n) is 2.97. The molecule has 0 aromatic carbocycles. The molecule has 0 amide bonds. The van der Waals surface area contributed by atoms with Crippen LogP contribution >= 0.6 is 0 Å². The van der Waals surface area contributed by atoms with Gasteiger partial charge in [-0.25, -0.2) is 4.68 Å². The molecule has 1 fully saturated rings. The Morgan fingerprint density at radius 3 is 2.76 bits per heavy atom. The van der Waals surface area contributed by atoms with E-state index in [9.17, 15) is 0 Å². The molecule has 1 aromatic heterocycles. The van der Waals surface area contributed by atoms with Crippen molar-refractivity contribution < 1.29 is 4.74 Å². The summed E-state index contributed by atoms with van der Waals surface area (Å²) in [5, 5.41) is 4.45. The van der Waals surface area contributed by atoms with E-state index in [1.54, 1.807) is 7.11 Å². The van der Waals surface area contributed by atoms with Gasteiger partial charge < -0.3 is 10.5 Å². The lowest BCUT2D eigenvalue weighted by atomic mass is 9.94. The highest BCUT2D eigenvalue weighted by molar-refractivity contribution is 5.35. The van der Waals surface area contributed by atoms with E-state index in [1.807, 2.05) is 18.7 Å². The van der Waals surface area contributed by atoms with Crippen molar-refractivity contribution in [3.63, 3.8) is 0 Å². The molecule has 0 spiro atoms. The highest BCUT2D eigenvalue weighted by atomic mass is 16.5. The Bertz CT molecular complexity index is 401. The van der Waals surface area contributed by atoms with Crippen molar-refractivity contribution in [1.29, 1.82) is 0 Å². The van der Waals surface area contributed by atoms with Crippen molar-refractivity contribution in [1.82, 2.24) is 14.7 Å². The zero-order valence-corrected chi connectivity index (χ0v) is 11.1. The lowest BCUT2D eigenvalue weighted by Crippen LogP contribution is -2.26. The summed E-state index contributed by atoms with van der Waals surface area (Å²) < 4.78 is 7.29. The van der Waals surface area contributed by atoms with Crippen LogP contribution in [0.5, 0.6) is 5.88 Å². The molecule has 96 valence electrons. The summed E-state index contributed by atoms with van der Waals surface area (Å²) in [5.74, 6) is 1.36. The van der Waals surface area contributed by atoms with Crippen LogP contribution in [-0.4, -0.2) is 41.9 Å². The Kier molecular flexibility index (Phi) is 3.40. The van der Waals surface area contributed by atoms with E-state index < -0.39 is 0 Å². The zero-order chi connectivity index (χ0) is 12.6. The van der Waals surface area contributed by atoms with Crippen LogP contribution in [0.1, 0.15) is 23.7 Å².